The van der Waals surface area contributed by atoms with E-state index in [9.17, 15) is 9.18 Å². The zero-order chi connectivity index (χ0) is 17.8. The summed E-state index contributed by atoms with van der Waals surface area (Å²) >= 11 is 0. The first-order valence-electron chi connectivity index (χ1n) is 7.94. The van der Waals surface area contributed by atoms with E-state index in [1.165, 1.54) is 12.1 Å². The van der Waals surface area contributed by atoms with Crippen LogP contribution in [0.25, 0.3) is 5.69 Å². The van der Waals surface area contributed by atoms with Crippen LogP contribution in [0.2, 0.25) is 0 Å². The summed E-state index contributed by atoms with van der Waals surface area (Å²) in [7, 11) is 0. The van der Waals surface area contributed by atoms with Gasteiger partial charge in [-0.2, -0.15) is 5.10 Å². The van der Waals surface area contributed by atoms with Crippen molar-refractivity contribution in [2.24, 2.45) is 0 Å². The lowest BCUT2D eigenvalue weighted by Gasteiger charge is -2.12. The van der Waals surface area contributed by atoms with Gasteiger partial charge in [-0.15, -0.1) is 0 Å². The van der Waals surface area contributed by atoms with Crippen LogP contribution in [0, 0.1) is 12.7 Å². The number of carbonyl (C=O) groups excluding carboxylic acids is 1. The second-order valence-corrected chi connectivity index (χ2v) is 5.44. The van der Waals surface area contributed by atoms with Gasteiger partial charge in [-0.05, 0) is 50.2 Å². The fraction of sp³-hybridized carbons (Fsp3) is 0.158. The lowest BCUT2D eigenvalue weighted by molar-refractivity contribution is 0.102. The Morgan fingerprint density at radius 1 is 1.20 bits per heavy atom. The first kappa shape index (κ1) is 16.7. The van der Waals surface area contributed by atoms with Crippen LogP contribution >= 0.6 is 0 Å². The molecule has 1 N–H and O–H groups in total. The average Bonchev–Trinajstić information content (AvgIpc) is 2.96. The van der Waals surface area contributed by atoms with Crippen LogP contribution in [0.3, 0.4) is 0 Å². The summed E-state index contributed by atoms with van der Waals surface area (Å²) in [6, 6.07) is 14.7. The van der Waals surface area contributed by atoms with Crippen molar-refractivity contribution < 1.29 is 13.9 Å². The topological polar surface area (TPSA) is 56.1 Å². The van der Waals surface area contributed by atoms with E-state index in [1.807, 2.05) is 19.9 Å². The van der Waals surface area contributed by atoms with Crippen molar-refractivity contribution >= 4 is 11.7 Å². The summed E-state index contributed by atoms with van der Waals surface area (Å²) < 4.78 is 20.2. The molecule has 25 heavy (non-hydrogen) atoms. The molecule has 3 aromatic rings. The number of rotatable bonds is 5. The Morgan fingerprint density at radius 2 is 1.92 bits per heavy atom. The van der Waals surface area contributed by atoms with Crippen molar-refractivity contribution in [2.75, 3.05) is 11.9 Å². The van der Waals surface area contributed by atoms with E-state index in [4.69, 9.17) is 4.74 Å². The lowest BCUT2D eigenvalue weighted by Crippen LogP contribution is -2.16. The van der Waals surface area contributed by atoms with Gasteiger partial charge in [0.2, 0.25) is 0 Å². The van der Waals surface area contributed by atoms with Gasteiger partial charge in [-0.1, -0.05) is 12.1 Å². The number of amides is 1. The molecule has 5 nitrogen and oxygen atoms in total. The highest BCUT2D eigenvalue weighted by molar-refractivity contribution is 6.05. The summed E-state index contributed by atoms with van der Waals surface area (Å²) in [5.41, 5.74) is 1.83. The zero-order valence-electron chi connectivity index (χ0n) is 14.0. The minimum Gasteiger partial charge on any atom is -0.493 e. The summed E-state index contributed by atoms with van der Waals surface area (Å²) in [4.78, 5) is 12.7. The maximum atomic E-state index is 13.1. The molecule has 0 aliphatic carbocycles. The van der Waals surface area contributed by atoms with Crippen LogP contribution in [0.5, 0.6) is 5.75 Å². The average molecular weight is 339 g/mol. The molecule has 1 heterocycles. The quantitative estimate of drug-likeness (QED) is 0.765. The Balaban J connectivity index is 1.91. The molecule has 0 fully saturated rings. The molecule has 0 radical (unpaired) electrons. The van der Waals surface area contributed by atoms with Crippen LogP contribution in [0.4, 0.5) is 10.2 Å². The normalized spacial score (nSPS) is 10.5. The molecule has 1 amide bonds. The van der Waals surface area contributed by atoms with Gasteiger partial charge in [-0.3, -0.25) is 4.79 Å². The second-order valence-electron chi connectivity index (χ2n) is 5.44. The van der Waals surface area contributed by atoms with Gasteiger partial charge in [0.05, 0.1) is 23.6 Å². The number of benzene rings is 2. The Kier molecular flexibility index (Phi) is 4.79. The fourth-order valence-electron chi connectivity index (χ4n) is 2.49. The van der Waals surface area contributed by atoms with Crippen LogP contribution in [0.1, 0.15) is 23.0 Å². The number of carbonyl (C=O) groups is 1. The van der Waals surface area contributed by atoms with E-state index in [0.717, 1.165) is 5.69 Å². The molecule has 0 bridgehead atoms. The van der Waals surface area contributed by atoms with Gasteiger partial charge in [-0.25, -0.2) is 9.07 Å². The molecule has 0 spiro atoms. The minimum absolute atomic E-state index is 0.299. The monoisotopic (exact) mass is 339 g/mol. The maximum Gasteiger partial charge on any atom is 0.260 e. The molecule has 0 aliphatic rings. The summed E-state index contributed by atoms with van der Waals surface area (Å²) in [6.07, 6.45) is 0. The number of anilines is 1. The molecule has 0 saturated heterocycles. The maximum absolute atomic E-state index is 13.1. The molecule has 6 heteroatoms. The van der Waals surface area contributed by atoms with Gasteiger partial charge >= 0.3 is 0 Å². The van der Waals surface area contributed by atoms with Crippen molar-refractivity contribution in [3.63, 3.8) is 0 Å². The van der Waals surface area contributed by atoms with E-state index in [0.29, 0.717) is 29.4 Å². The summed E-state index contributed by atoms with van der Waals surface area (Å²) in [5, 5.41) is 7.21. The fourth-order valence-corrected chi connectivity index (χ4v) is 2.49. The van der Waals surface area contributed by atoms with Gasteiger partial charge in [0.1, 0.15) is 17.4 Å². The van der Waals surface area contributed by atoms with E-state index >= 15 is 0 Å². The number of ether oxygens (including phenoxy) is 1. The molecule has 0 saturated carbocycles. The number of hydrogen-bond acceptors (Lipinski definition) is 3. The van der Waals surface area contributed by atoms with Gasteiger partial charge in [0.15, 0.2) is 0 Å². The molecular weight excluding hydrogens is 321 g/mol. The second kappa shape index (κ2) is 7.17. The lowest BCUT2D eigenvalue weighted by atomic mass is 10.2. The molecular formula is C19H18FN3O2. The Bertz CT molecular complexity index is 888. The molecule has 0 unspecified atom stereocenters. The molecule has 2 aromatic carbocycles. The smallest absolute Gasteiger partial charge is 0.260 e. The molecule has 1 aromatic heterocycles. The number of aryl methyl sites for hydroxylation is 1. The van der Waals surface area contributed by atoms with E-state index in [1.54, 1.807) is 41.1 Å². The third-order valence-electron chi connectivity index (χ3n) is 3.58. The minimum atomic E-state index is -0.330. The highest BCUT2D eigenvalue weighted by Crippen LogP contribution is 2.22. The first-order chi connectivity index (χ1) is 12.1. The number of aromatic nitrogens is 2. The number of para-hydroxylation sites is 1. The van der Waals surface area contributed by atoms with E-state index in [-0.39, 0.29) is 11.7 Å². The first-order valence-corrected chi connectivity index (χ1v) is 7.94. The van der Waals surface area contributed by atoms with E-state index < -0.39 is 0 Å². The number of halogens is 1. The predicted octanol–water partition coefficient (Wildman–Crippen LogP) is 3.97. The Hall–Kier alpha value is -3.15. The molecule has 128 valence electrons. The van der Waals surface area contributed by atoms with Crippen molar-refractivity contribution in [1.29, 1.82) is 0 Å². The van der Waals surface area contributed by atoms with Crippen LogP contribution in [-0.4, -0.2) is 22.3 Å². The summed E-state index contributed by atoms with van der Waals surface area (Å²) in [5.74, 6) is 0.392. The van der Waals surface area contributed by atoms with Crippen LogP contribution in [-0.2, 0) is 0 Å². The Morgan fingerprint density at radius 3 is 2.64 bits per heavy atom. The Labute approximate surface area is 145 Å². The van der Waals surface area contributed by atoms with Crippen LogP contribution < -0.4 is 10.1 Å². The number of hydrogen-bond donors (Lipinski definition) is 1. The largest absolute Gasteiger partial charge is 0.493 e. The highest BCUT2D eigenvalue weighted by Gasteiger charge is 2.15. The predicted molar refractivity (Wildman–Crippen MR) is 93.8 cm³/mol. The third kappa shape index (κ3) is 3.68. The van der Waals surface area contributed by atoms with Crippen molar-refractivity contribution in [1.82, 2.24) is 9.78 Å². The number of nitrogens with one attached hydrogen (secondary N) is 1. The van der Waals surface area contributed by atoms with Crippen molar-refractivity contribution in [2.45, 2.75) is 13.8 Å². The number of nitrogens with zero attached hydrogens (tertiary/aromatic N) is 2. The third-order valence-corrected chi connectivity index (χ3v) is 3.58. The SMILES string of the molecule is CCOc1ccccc1C(=O)Nc1cc(C)nn1-c1ccc(F)cc1. The molecule has 0 atom stereocenters. The van der Waals surface area contributed by atoms with Gasteiger partial charge in [0, 0.05) is 6.07 Å². The van der Waals surface area contributed by atoms with Gasteiger partial charge < -0.3 is 10.1 Å². The highest BCUT2D eigenvalue weighted by atomic mass is 19.1. The standard InChI is InChI=1S/C19H18FN3O2/c1-3-25-17-7-5-4-6-16(17)19(24)21-18-12-13(2)22-23(18)15-10-8-14(20)9-11-15/h4-12H,3H2,1-2H3,(H,21,24). The van der Waals surface area contributed by atoms with Crippen molar-refractivity contribution in [3.05, 3.63) is 71.7 Å². The van der Waals surface area contributed by atoms with E-state index in [2.05, 4.69) is 10.4 Å². The molecule has 0 aliphatic heterocycles. The van der Waals surface area contributed by atoms with Gasteiger partial charge in [0.25, 0.3) is 5.91 Å². The van der Waals surface area contributed by atoms with Crippen molar-refractivity contribution in [3.8, 4) is 11.4 Å². The molecule has 3 rings (SSSR count). The van der Waals surface area contributed by atoms with Crippen LogP contribution in [0.15, 0.2) is 54.6 Å². The zero-order valence-corrected chi connectivity index (χ0v) is 14.0. The summed E-state index contributed by atoms with van der Waals surface area (Å²) in [6.45, 7) is 4.16.